The second-order valence-corrected chi connectivity index (χ2v) is 3.76. The van der Waals surface area contributed by atoms with Gasteiger partial charge >= 0.3 is 5.97 Å². The third kappa shape index (κ3) is 5.63. The second kappa shape index (κ2) is 8.47. The molecule has 0 aliphatic carbocycles. The number of amides is 1. The van der Waals surface area contributed by atoms with Gasteiger partial charge in [0.25, 0.3) is 5.91 Å². The molecule has 0 saturated heterocycles. The summed E-state index contributed by atoms with van der Waals surface area (Å²) in [5.41, 5.74) is 0.0292. The average Bonchev–Trinajstić information content (AvgIpc) is 2.28. The molecule has 0 spiro atoms. The molecular formula is C12H17ClN2O3. The predicted octanol–water partition coefficient (Wildman–Crippen LogP) is 1.73. The number of carbonyl (C=O) groups is 2. The van der Waals surface area contributed by atoms with Crippen LogP contribution >= 0.6 is 11.6 Å². The van der Waals surface area contributed by atoms with Crippen LogP contribution in [0, 0.1) is 5.41 Å². The van der Waals surface area contributed by atoms with E-state index in [1.165, 1.54) is 13.1 Å². The van der Waals surface area contributed by atoms with Crippen molar-refractivity contribution in [1.82, 2.24) is 4.90 Å². The molecule has 6 heteroatoms. The van der Waals surface area contributed by atoms with Gasteiger partial charge in [0.05, 0.1) is 12.2 Å². The van der Waals surface area contributed by atoms with Gasteiger partial charge in [0.15, 0.2) is 0 Å². The van der Waals surface area contributed by atoms with Gasteiger partial charge < -0.3 is 9.64 Å². The van der Waals surface area contributed by atoms with Crippen LogP contribution in [0.15, 0.2) is 23.8 Å². The van der Waals surface area contributed by atoms with E-state index in [4.69, 9.17) is 21.7 Å². The van der Waals surface area contributed by atoms with Crippen molar-refractivity contribution in [2.75, 3.05) is 20.2 Å². The van der Waals surface area contributed by atoms with Crippen LogP contribution in [-0.2, 0) is 14.3 Å². The standard InChI is InChI=1S/C12H17ClN2O3/c1-4-6-7-9(11(13)14)12(17)15(3)8-10(16)18-5-2/h4,6-7,14H,5,8H2,1-3H3/b6-4-,9-7+,14-11?. The van der Waals surface area contributed by atoms with Gasteiger partial charge in [0.2, 0.25) is 0 Å². The highest BCUT2D eigenvalue weighted by Crippen LogP contribution is 2.06. The number of esters is 1. The van der Waals surface area contributed by atoms with E-state index in [0.717, 1.165) is 4.90 Å². The molecule has 0 bridgehead atoms. The van der Waals surface area contributed by atoms with Gasteiger partial charge in [-0.3, -0.25) is 15.0 Å². The van der Waals surface area contributed by atoms with Gasteiger partial charge in [0.1, 0.15) is 11.7 Å². The summed E-state index contributed by atoms with van der Waals surface area (Å²) in [5, 5.41) is 6.95. The molecule has 0 rings (SSSR count). The van der Waals surface area contributed by atoms with Gasteiger partial charge in [-0.1, -0.05) is 23.8 Å². The summed E-state index contributed by atoms with van der Waals surface area (Å²) in [7, 11) is 1.45. The number of likely N-dealkylation sites (N-methyl/N-ethyl adjacent to an activating group) is 1. The third-order valence-electron chi connectivity index (χ3n) is 1.94. The number of hydrogen-bond donors (Lipinski definition) is 1. The number of halogens is 1. The lowest BCUT2D eigenvalue weighted by Gasteiger charge is -2.16. The molecule has 0 saturated carbocycles. The molecule has 5 nitrogen and oxygen atoms in total. The van der Waals surface area contributed by atoms with Crippen molar-refractivity contribution in [2.24, 2.45) is 0 Å². The van der Waals surface area contributed by atoms with Gasteiger partial charge in [-0.2, -0.15) is 0 Å². The number of carbonyl (C=O) groups excluding carboxylic acids is 2. The Kier molecular flexibility index (Phi) is 7.71. The Bertz CT molecular complexity index is 389. The van der Waals surface area contributed by atoms with E-state index in [1.807, 2.05) is 0 Å². The van der Waals surface area contributed by atoms with Gasteiger partial charge in [-0.15, -0.1) is 0 Å². The molecule has 0 aliphatic heterocycles. The predicted molar refractivity (Wildman–Crippen MR) is 70.7 cm³/mol. The SMILES string of the molecule is C/C=C\C=C(/C(=N)Cl)C(=O)N(C)CC(=O)OCC. The second-order valence-electron chi connectivity index (χ2n) is 3.39. The molecule has 0 radical (unpaired) electrons. The molecule has 0 unspecified atom stereocenters. The van der Waals surface area contributed by atoms with Crippen molar-refractivity contribution in [3.05, 3.63) is 23.8 Å². The number of ether oxygens (including phenoxy) is 1. The minimum Gasteiger partial charge on any atom is -0.465 e. The summed E-state index contributed by atoms with van der Waals surface area (Å²) >= 11 is 5.53. The normalized spacial score (nSPS) is 11.4. The van der Waals surface area contributed by atoms with E-state index in [0.29, 0.717) is 0 Å². The van der Waals surface area contributed by atoms with Gasteiger partial charge in [0, 0.05) is 7.05 Å². The number of nitrogens with zero attached hydrogens (tertiary/aromatic N) is 1. The molecule has 18 heavy (non-hydrogen) atoms. The summed E-state index contributed by atoms with van der Waals surface area (Å²) in [4.78, 5) is 24.3. The van der Waals surface area contributed by atoms with E-state index in [9.17, 15) is 9.59 Å². The Balaban J connectivity index is 4.78. The molecule has 1 amide bonds. The molecule has 100 valence electrons. The first-order valence-corrected chi connectivity index (χ1v) is 5.80. The zero-order chi connectivity index (χ0) is 14.1. The molecule has 0 aromatic rings. The molecule has 0 fully saturated rings. The van der Waals surface area contributed by atoms with Crippen molar-refractivity contribution in [3.63, 3.8) is 0 Å². The smallest absolute Gasteiger partial charge is 0.325 e. The lowest BCUT2D eigenvalue weighted by atomic mass is 10.2. The molecule has 0 atom stereocenters. The Morgan fingerprint density at radius 1 is 1.44 bits per heavy atom. The van der Waals surface area contributed by atoms with Crippen LogP contribution in [0.25, 0.3) is 0 Å². The zero-order valence-electron chi connectivity index (χ0n) is 10.7. The zero-order valence-corrected chi connectivity index (χ0v) is 11.5. The van der Waals surface area contributed by atoms with Crippen molar-refractivity contribution in [1.29, 1.82) is 5.41 Å². The quantitative estimate of drug-likeness (QED) is 0.346. The maximum absolute atomic E-state index is 11.9. The van der Waals surface area contributed by atoms with Crippen molar-refractivity contribution >= 4 is 28.6 Å². The highest BCUT2D eigenvalue weighted by molar-refractivity contribution is 6.71. The topological polar surface area (TPSA) is 70.5 Å². The van der Waals surface area contributed by atoms with Crippen molar-refractivity contribution in [2.45, 2.75) is 13.8 Å². The number of rotatable bonds is 6. The first-order chi connectivity index (χ1) is 8.43. The summed E-state index contributed by atoms with van der Waals surface area (Å²) in [6, 6.07) is 0. The minimum atomic E-state index is -0.500. The molecule has 1 N–H and O–H groups in total. The molecular weight excluding hydrogens is 256 g/mol. The van der Waals surface area contributed by atoms with Gasteiger partial charge in [-0.05, 0) is 19.9 Å². The largest absolute Gasteiger partial charge is 0.465 e. The number of hydrogen-bond acceptors (Lipinski definition) is 4. The summed E-state index contributed by atoms with van der Waals surface area (Å²) in [6.45, 7) is 3.54. The average molecular weight is 273 g/mol. The molecule has 0 aliphatic rings. The minimum absolute atomic E-state index is 0.0292. The van der Waals surface area contributed by atoms with Gasteiger partial charge in [-0.25, -0.2) is 0 Å². The Morgan fingerprint density at radius 2 is 2.06 bits per heavy atom. The van der Waals surface area contributed by atoms with Crippen LogP contribution in [0.5, 0.6) is 0 Å². The van der Waals surface area contributed by atoms with E-state index in [-0.39, 0.29) is 23.9 Å². The van der Waals surface area contributed by atoms with E-state index in [1.54, 1.807) is 26.0 Å². The summed E-state index contributed by atoms with van der Waals surface area (Å²) in [6.07, 6.45) is 4.74. The summed E-state index contributed by atoms with van der Waals surface area (Å²) < 4.78 is 4.73. The van der Waals surface area contributed by atoms with Crippen molar-refractivity contribution in [3.8, 4) is 0 Å². The molecule has 0 heterocycles. The Hall–Kier alpha value is -1.62. The molecule has 0 aromatic carbocycles. The van der Waals surface area contributed by atoms with Crippen LogP contribution in [0.1, 0.15) is 13.8 Å². The maximum atomic E-state index is 11.9. The lowest BCUT2D eigenvalue weighted by Crippen LogP contribution is -2.35. The Labute approximate surface area is 112 Å². The number of nitrogens with one attached hydrogen (secondary N) is 1. The molecule has 0 aromatic heterocycles. The van der Waals surface area contributed by atoms with E-state index >= 15 is 0 Å². The fraction of sp³-hybridized carbons (Fsp3) is 0.417. The fourth-order valence-corrected chi connectivity index (χ4v) is 1.25. The first-order valence-electron chi connectivity index (χ1n) is 5.42. The van der Waals surface area contributed by atoms with Crippen LogP contribution in [-0.4, -0.2) is 42.1 Å². The highest BCUT2D eigenvalue weighted by Gasteiger charge is 2.19. The first kappa shape index (κ1) is 16.4. The van der Waals surface area contributed by atoms with Crippen LogP contribution in [0.4, 0.5) is 0 Å². The van der Waals surface area contributed by atoms with Crippen molar-refractivity contribution < 1.29 is 14.3 Å². The van der Waals surface area contributed by atoms with Crippen LogP contribution < -0.4 is 0 Å². The number of allylic oxidation sites excluding steroid dienone is 3. The Morgan fingerprint density at radius 3 is 2.50 bits per heavy atom. The van der Waals surface area contributed by atoms with E-state index in [2.05, 4.69) is 0 Å². The summed E-state index contributed by atoms with van der Waals surface area (Å²) in [5.74, 6) is -0.999. The third-order valence-corrected chi connectivity index (χ3v) is 2.14. The van der Waals surface area contributed by atoms with Crippen LogP contribution in [0.3, 0.4) is 0 Å². The van der Waals surface area contributed by atoms with E-state index < -0.39 is 11.9 Å². The highest BCUT2D eigenvalue weighted by atomic mass is 35.5. The monoisotopic (exact) mass is 272 g/mol. The fourth-order valence-electron chi connectivity index (χ4n) is 1.11. The lowest BCUT2D eigenvalue weighted by molar-refractivity contribution is -0.147. The van der Waals surface area contributed by atoms with Crippen LogP contribution in [0.2, 0.25) is 0 Å². The maximum Gasteiger partial charge on any atom is 0.325 e.